The van der Waals surface area contributed by atoms with Crippen LogP contribution in [0.15, 0.2) is 24.5 Å². The van der Waals surface area contributed by atoms with E-state index in [1.807, 2.05) is 11.0 Å². The second-order valence-corrected chi connectivity index (χ2v) is 10.8. The second kappa shape index (κ2) is 8.42. The molecule has 196 valence electrons. The molecule has 1 amide bonds. The molecule has 0 aromatic carbocycles. The van der Waals surface area contributed by atoms with Gasteiger partial charge in [-0.25, -0.2) is 9.97 Å². The van der Waals surface area contributed by atoms with Crippen LogP contribution in [-0.4, -0.2) is 68.5 Å². The number of nitrogen functional groups attached to an aromatic ring is 1. The van der Waals surface area contributed by atoms with E-state index < -0.39 is 5.60 Å². The maximum atomic E-state index is 13.0. The lowest BCUT2D eigenvalue weighted by molar-refractivity contribution is -0.0203. The minimum Gasteiger partial charge on any atom is -0.384 e. The third-order valence-electron chi connectivity index (χ3n) is 7.62. The van der Waals surface area contributed by atoms with Crippen LogP contribution in [0.25, 0.3) is 16.8 Å². The lowest BCUT2D eigenvalue weighted by Gasteiger charge is -2.55. The summed E-state index contributed by atoms with van der Waals surface area (Å²) in [6.07, 6.45) is 5.56. The number of carbonyl (C=O) groups excluding carboxylic acids is 2. The Hall–Kier alpha value is -4.19. The van der Waals surface area contributed by atoms with Crippen molar-refractivity contribution in [3.63, 3.8) is 0 Å². The number of ketones is 1. The van der Waals surface area contributed by atoms with Crippen LogP contribution in [0.5, 0.6) is 0 Å². The highest BCUT2D eigenvalue weighted by Gasteiger charge is 2.50. The van der Waals surface area contributed by atoms with Crippen molar-refractivity contribution in [2.75, 3.05) is 5.73 Å². The molecule has 2 saturated heterocycles. The van der Waals surface area contributed by atoms with Crippen molar-refractivity contribution < 1.29 is 14.7 Å². The first-order valence-corrected chi connectivity index (χ1v) is 12.6. The minimum atomic E-state index is -1.06. The molecule has 1 saturated carbocycles. The van der Waals surface area contributed by atoms with Gasteiger partial charge in [-0.2, -0.15) is 9.61 Å². The Kier molecular flexibility index (Phi) is 5.35. The smallest absolute Gasteiger partial charge is 0.294 e. The van der Waals surface area contributed by atoms with E-state index in [9.17, 15) is 14.7 Å². The Morgan fingerprint density at radius 3 is 2.45 bits per heavy atom. The Morgan fingerprint density at radius 2 is 1.87 bits per heavy atom. The summed E-state index contributed by atoms with van der Waals surface area (Å²) in [7, 11) is 0. The van der Waals surface area contributed by atoms with Gasteiger partial charge < -0.3 is 15.7 Å². The highest BCUT2D eigenvalue weighted by Crippen LogP contribution is 2.47. The van der Waals surface area contributed by atoms with Gasteiger partial charge in [0.2, 0.25) is 5.82 Å². The Bertz CT molecular complexity index is 1570. The fourth-order valence-electron chi connectivity index (χ4n) is 5.79. The summed E-state index contributed by atoms with van der Waals surface area (Å²) in [5, 5.41) is 21.4. The molecule has 0 spiro atoms. The van der Waals surface area contributed by atoms with E-state index in [0.717, 1.165) is 17.5 Å². The predicted molar refractivity (Wildman–Crippen MR) is 137 cm³/mol. The number of nitrogens with two attached hydrogens (primary N) is 1. The van der Waals surface area contributed by atoms with Crippen LogP contribution in [0.2, 0.25) is 0 Å². The summed E-state index contributed by atoms with van der Waals surface area (Å²) in [5.41, 5.74) is 9.03. The van der Waals surface area contributed by atoms with Crippen molar-refractivity contribution in [1.29, 1.82) is 0 Å². The molecular formula is C26H29N9O3. The van der Waals surface area contributed by atoms with Gasteiger partial charge in [-0.3, -0.25) is 19.7 Å². The molecule has 12 nitrogen and oxygen atoms in total. The lowest BCUT2D eigenvalue weighted by Crippen LogP contribution is -2.62. The van der Waals surface area contributed by atoms with E-state index in [1.165, 1.54) is 11.4 Å². The van der Waals surface area contributed by atoms with Crippen molar-refractivity contribution in [2.24, 2.45) is 0 Å². The zero-order valence-corrected chi connectivity index (χ0v) is 21.6. The standard InChI is InChI=1S/C26H29N9O3/c1-12(36)20-21(15-7-16-9-17(8-15)34(16)25(37)23-30-13(2)32-33-23)31-24-18(11-29-35(24)22(20)27)14-5-6-19(28-10-14)26(3,4)38/h5-6,10-11,15-17,38H,7-9,27H2,1-4H3,(H,30,32,33). The van der Waals surface area contributed by atoms with E-state index in [0.29, 0.717) is 41.3 Å². The van der Waals surface area contributed by atoms with Gasteiger partial charge in [0.15, 0.2) is 11.4 Å². The number of hydrogen-bond donors (Lipinski definition) is 3. The molecule has 4 N–H and O–H groups in total. The summed E-state index contributed by atoms with van der Waals surface area (Å²) in [5.74, 6) is 0.622. The number of pyridine rings is 1. The van der Waals surface area contributed by atoms with Crippen molar-refractivity contribution in [2.45, 2.75) is 70.6 Å². The number of piperidine rings is 1. The molecule has 38 heavy (non-hydrogen) atoms. The molecule has 4 aromatic rings. The van der Waals surface area contributed by atoms with Crippen LogP contribution in [0.1, 0.15) is 84.1 Å². The number of Topliss-reactive ketones (excluding diaryl/α,β-unsaturated/α-hetero) is 1. The van der Waals surface area contributed by atoms with Crippen molar-refractivity contribution in [1.82, 2.24) is 39.7 Å². The monoisotopic (exact) mass is 515 g/mol. The average molecular weight is 516 g/mol. The van der Waals surface area contributed by atoms with Gasteiger partial charge in [-0.15, -0.1) is 5.10 Å². The number of aromatic amines is 1. The van der Waals surface area contributed by atoms with Gasteiger partial charge >= 0.3 is 0 Å². The summed E-state index contributed by atoms with van der Waals surface area (Å²) in [6.45, 7) is 6.60. The van der Waals surface area contributed by atoms with Crippen LogP contribution in [0.3, 0.4) is 0 Å². The third-order valence-corrected chi connectivity index (χ3v) is 7.62. The fraction of sp³-hybridized carbons (Fsp3) is 0.423. The SMILES string of the molecule is CC(=O)c1c(C2CC3CC(C2)N3C(=O)c2n[nH]c(C)n2)nc2c(-c3ccc(C(C)(C)O)nc3)cnn2c1N. The third kappa shape index (κ3) is 3.74. The number of nitrogens with one attached hydrogen (secondary N) is 1. The Morgan fingerprint density at radius 1 is 1.13 bits per heavy atom. The number of aromatic nitrogens is 7. The number of hydrogen-bond acceptors (Lipinski definition) is 9. The zero-order valence-electron chi connectivity index (χ0n) is 21.6. The maximum Gasteiger partial charge on any atom is 0.294 e. The van der Waals surface area contributed by atoms with Gasteiger partial charge in [-0.1, -0.05) is 6.07 Å². The molecule has 4 aromatic heterocycles. The summed E-state index contributed by atoms with van der Waals surface area (Å²) in [6, 6.07) is 3.67. The van der Waals surface area contributed by atoms with Crippen LogP contribution >= 0.6 is 0 Å². The second-order valence-electron chi connectivity index (χ2n) is 10.8. The molecular weight excluding hydrogens is 486 g/mol. The molecule has 2 atom stereocenters. The van der Waals surface area contributed by atoms with Crippen molar-refractivity contribution in [3.05, 3.63) is 53.1 Å². The summed E-state index contributed by atoms with van der Waals surface area (Å²) >= 11 is 0. The van der Waals surface area contributed by atoms with Gasteiger partial charge in [0.25, 0.3) is 5.91 Å². The number of H-pyrrole nitrogens is 1. The first kappa shape index (κ1) is 24.2. The number of aliphatic hydroxyl groups is 1. The van der Waals surface area contributed by atoms with E-state index in [-0.39, 0.29) is 41.3 Å². The fourth-order valence-corrected chi connectivity index (χ4v) is 5.79. The number of carbonyl (C=O) groups is 2. The van der Waals surface area contributed by atoms with E-state index in [1.54, 1.807) is 39.2 Å². The quantitative estimate of drug-likeness (QED) is 0.338. The first-order valence-electron chi connectivity index (χ1n) is 12.6. The van der Waals surface area contributed by atoms with Crippen LogP contribution < -0.4 is 5.73 Å². The van der Waals surface area contributed by atoms with Crippen molar-refractivity contribution >= 4 is 23.2 Å². The Balaban J connectivity index is 1.36. The summed E-state index contributed by atoms with van der Waals surface area (Å²) in [4.78, 5) is 41.2. The van der Waals surface area contributed by atoms with Gasteiger partial charge in [0, 0.05) is 35.3 Å². The van der Waals surface area contributed by atoms with E-state index in [4.69, 9.17) is 10.7 Å². The normalized spacial score (nSPS) is 21.0. The van der Waals surface area contributed by atoms with Gasteiger partial charge in [-0.05, 0) is 53.0 Å². The molecule has 12 heteroatoms. The molecule has 3 aliphatic rings. The summed E-state index contributed by atoms with van der Waals surface area (Å²) < 4.78 is 1.49. The van der Waals surface area contributed by atoms with Gasteiger partial charge in [0.1, 0.15) is 17.2 Å². The van der Waals surface area contributed by atoms with Crippen molar-refractivity contribution in [3.8, 4) is 11.1 Å². The highest BCUT2D eigenvalue weighted by molar-refractivity contribution is 6.00. The molecule has 0 radical (unpaired) electrons. The highest BCUT2D eigenvalue weighted by atomic mass is 16.3. The zero-order chi connectivity index (χ0) is 26.9. The number of amides is 1. The van der Waals surface area contributed by atoms with E-state index in [2.05, 4.69) is 25.3 Å². The number of nitrogens with zero attached hydrogens (tertiary/aromatic N) is 7. The average Bonchev–Trinajstić information content (AvgIpc) is 3.50. The largest absolute Gasteiger partial charge is 0.384 e. The molecule has 2 bridgehead atoms. The molecule has 2 aliphatic heterocycles. The lowest BCUT2D eigenvalue weighted by atomic mass is 9.71. The number of fused-ring (bicyclic) bond motifs is 3. The number of aryl methyl sites for hydroxylation is 1. The van der Waals surface area contributed by atoms with Crippen LogP contribution in [0, 0.1) is 6.92 Å². The predicted octanol–water partition coefficient (Wildman–Crippen LogP) is 2.39. The topological polar surface area (TPSA) is 168 Å². The van der Waals surface area contributed by atoms with Crippen LogP contribution in [-0.2, 0) is 5.60 Å². The minimum absolute atomic E-state index is 0.0204. The van der Waals surface area contributed by atoms with Gasteiger partial charge in [0.05, 0.1) is 23.1 Å². The van der Waals surface area contributed by atoms with Crippen LogP contribution in [0.4, 0.5) is 5.82 Å². The molecule has 1 aliphatic carbocycles. The maximum absolute atomic E-state index is 13.0. The number of rotatable bonds is 5. The Labute approximate surface area is 218 Å². The molecule has 2 unspecified atom stereocenters. The van der Waals surface area contributed by atoms with E-state index >= 15 is 0 Å². The molecule has 3 fully saturated rings. The number of anilines is 1. The first-order chi connectivity index (χ1) is 18.0. The molecule has 6 heterocycles. The molecule has 7 rings (SSSR count).